The summed E-state index contributed by atoms with van der Waals surface area (Å²) in [5.74, 6) is -0.671. The smallest absolute Gasteiger partial charge is 0.247 e. The molecule has 4 aromatic rings. The molecule has 0 spiro atoms. The van der Waals surface area contributed by atoms with Crippen LogP contribution in [0.4, 0.5) is 10.2 Å². The van der Waals surface area contributed by atoms with E-state index >= 15 is 0 Å². The number of carbonyl (C=O) groups is 1. The van der Waals surface area contributed by atoms with Gasteiger partial charge < -0.3 is 15.6 Å². The van der Waals surface area contributed by atoms with E-state index in [1.807, 2.05) is 0 Å². The first-order chi connectivity index (χ1) is 17.8. The maximum Gasteiger partial charge on any atom is 0.247 e. The molecule has 10 nitrogen and oxygen atoms in total. The number of hydrogen-bond donors (Lipinski definition) is 2. The first-order valence-corrected chi connectivity index (χ1v) is 11.2. The van der Waals surface area contributed by atoms with E-state index in [2.05, 4.69) is 30.5 Å². The van der Waals surface area contributed by atoms with E-state index in [1.165, 1.54) is 29.3 Å². The Balaban J connectivity index is 1.32. The third-order valence-corrected chi connectivity index (χ3v) is 6.54. The van der Waals surface area contributed by atoms with Gasteiger partial charge in [0.25, 0.3) is 0 Å². The van der Waals surface area contributed by atoms with Gasteiger partial charge in [-0.25, -0.2) is 9.97 Å². The maximum absolute atomic E-state index is 14.4. The van der Waals surface area contributed by atoms with Gasteiger partial charge in [0, 0.05) is 22.7 Å². The van der Waals surface area contributed by atoms with E-state index in [-0.39, 0.29) is 41.5 Å². The normalized spacial score (nSPS) is 20.5. The van der Waals surface area contributed by atoms with Crippen molar-refractivity contribution in [1.29, 1.82) is 0 Å². The molecule has 6 rings (SSSR count). The molecule has 1 saturated heterocycles. The first kappa shape index (κ1) is 19.2. The van der Waals surface area contributed by atoms with E-state index < -0.39 is 5.95 Å². The van der Waals surface area contributed by atoms with E-state index in [9.17, 15) is 9.18 Å². The molecule has 3 N–H and O–H groups in total. The lowest BCUT2D eigenvalue weighted by molar-refractivity contribution is -0.129. The number of aromatic amines is 1. The average Bonchev–Trinajstić information content (AvgIpc) is 3.61. The molecular formula is C23H19ClFN9O. The van der Waals surface area contributed by atoms with Crippen molar-refractivity contribution in [3.8, 4) is 16.9 Å². The van der Waals surface area contributed by atoms with E-state index in [1.54, 1.807) is 17.0 Å². The van der Waals surface area contributed by atoms with Gasteiger partial charge in [-0.05, 0) is 65.5 Å². The Labute approximate surface area is 206 Å². The molecular weight excluding hydrogens is 473 g/mol. The van der Waals surface area contributed by atoms with Gasteiger partial charge in [-0.3, -0.25) is 4.79 Å². The van der Waals surface area contributed by atoms with Gasteiger partial charge in [-0.15, -0.1) is 5.10 Å². The average molecular weight is 494 g/mol. The van der Waals surface area contributed by atoms with E-state index in [0.717, 1.165) is 12.0 Å². The number of imidazole rings is 1. The third-order valence-electron chi connectivity index (χ3n) is 6.32. The molecule has 0 saturated carbocycles. The molecule has 176 valence electrons. The Morgan fingerprint density at radius 2 is 2.14 bits per heavy atom. The predicted octanol–water partition coefficient (Wildman–Crippen LogP) is 3.34. The maximum atomic E-state index is 14.4. The number of benzene rings is 1. The molecule has 1 aromatic carbocycles. The van der Waals surface area contributed by atoms with Crippen LogP contribution in [-0.4, -0.2) is 52.0 Å². The fourth-order valence-corrected chi connectivity index (χ4v) is 4.97. The van der Waals surface area contributed by atoms with Crippen molar-refractivity contribution in [3.63, 3.8) is 0 Å². The number of nitrogens with one attached hydrogen (secondary N) is 1. The quantitative estimate of drug-likeness (QED) is 0.417. The summed E-state index contributed by atoms with van der Waals surface area (Å²) in [7, 11) is 0. The fraction of sp³-hybridized carbons (Fsp3) is 0.217. The molecule has 2 unspecified atom stereocenters. The van der Waals surface area contributed by atoms with Crippen LogP contribution in [-0.2, 0) is 4.79 Å². The van der Waals surface area contributed by atoms with Crippen molar-refractivity contribution >= 4 is 28.9 Å². The van der Waals surface area contributed by atoms with Crippen LogP contribution in [0.1, 0.15) is 39.4 Å². The summed E-state index contributed by atoms with van der Waals surface area (Å²) >= 11 is 6.27. The number of fused-ring (bicyclic) bond motifs is 1. The number of H-pyrrole nitrogens is 1. The Morgan fingerprint density at radius 1 is 1.26 bits per heavy atom. The molecule has 0 bridgehead atoms. The predicted molar refractivity (Wildman–Crippen MR) is 126 cm³/mol. The van der Waals surface area contributed by atoms with Crippen LogP contribution in [0.3, 0.4) is 0 Å². The van der Waals surface area contributed by atoms with E-state index in [4.69, 9.17) is 20.1 Å². The Morgan fingerprint density at radius 3 is 2.97 bits per heavy atom. The number of aromatic nitrogens is 7. The van der Waals surface area contributed by atoms with Gasteiger partial charge in [0.05, 0.1) is 31.9 Å². The number of hydrogen-bond acceptors (Lipinski definition) is 7. The van der Waals surface area contributed by atoms with Crippen LogP contribution in [0, 0.1) is 5.95 Å². The highest BCUT2D eigenvalue weighted by Gasteiger charge is 2.41. The van der Waals surface area contributed by atoms with Crippen LogP contribution in [0.5, 0.6) is 0 Å². The monoisotopic (exact) mass is 493 g/mol. The molecule has 2 aliphatic heterocycles. The minimum atomic E-state index is -0.803. The number of carbonyl (C=O) groups excluding carboxylic acids is 1. The van der Waals surface area contributed by atoms with Gasteiger partial charge >= 0.3 is 0 Å². The fourth-order valence-electron chi connectivity index (χ4n) is 4.81. The largest absolute Gasteiger partial charge is 0.384 e. The second-order valence-electron chi connectivity index (χ2n) is 8.37. The zero-order valence-electron chi connectivity index (χ0n) is 20.1. The summed E-state index contributed by atoms with van der Waals surface area (Å²) in [6.07, 6.45) is 6.35. The number of nitrogens with two attached hydrogens (primary N) is 1. The lowest BCUT2D eigenvalue weighted by atomic mass is 9.92. The number of nitrogens with zero attached hydrogens (tertiary/aromatic N) is 7. The van der Waals surface area contributed by atoms with Crippen LogP contribution in [0.25, 0.3) is 22.5 Å². The zero-order chi connectivity index (χ0) is 25.8. The van der Waals surface area contributed by atoms with Gasteiger partial charge in [0.15, 0.2) is 0 Å². The molecule has 1 amide bonds. The SMILES string of the molecule is [2H]c1cc(-c2cnc(C3CCC4CC(c5cc(Cl)cc([2H])c5-n5cnnn5)=CC(=O)N43)[nH]2)c(F)nc1N. The Hall–Kier alpha value is -4.12. The van der Waals surface area contributed by atoms with Crippen molar-refractivity contribution in [2.24, 2.45) is 0 Å². The molecule has 12 heteroatoms. The summed E-state index contributed by atoms with van der Waals surface area (Å²) in [4.78, 5) is 26.3. The molecule has 0 radical (unpaired) electrons. The minimum absolute atomic E-state index is 0.0851. The minimum Gasteiger partial charge on any atom is -0.384 e. The van der Waals surface area contributed by atoms with Crippen molar-refractivity contribution in [2.75, 3.05) is 5.73 Å². The highest BCUT2D eigenvalue weighted by atomic mass is 35.5. The molecule has 35 heavy (non-hydrogen) atoms. The summed E-state index contributed by atoms with van der Waals surface area (Å²) in [6, 6.07) is 4.13. The van der Waals surface area contributed by atoms with Crippen LogP contribution in [0.15, 0.2) is 48.9 Å². The van der Waals surface area contributed by atoms with Gasteiger partial charge in [-0.2, -0.15) is 9.07 Å². The first-order valence-electron chi connectivity index (χ1n) is 11.8. The van der Waals surface area contributed by atoms with Crippen molar-refractivity contribution in [1.82, 2.24) is 40.1 Å². The number of anilines is 1. The molecule has 2 atom stereocenters. The van der Waals surface area contributed by atoms with E-state index in [0.29, 0.717) is 40.6 Å². The van der Waals surface area contributed by atoms with Crippen molar-refractivity contribution < 1.29 is 11.9 Å². The Kier molecular flexibility index (Phi) is 4.54. The van der Waals surface area contributed by atoms with Crippen molar-refractivity contribution in [2.45, 2.75) is 31.3 Å². The molecule has 3 aromatic heterocycles. The van der Waals surface area contributed by atoms with Crippen LogP contribution < -0.4 is 5.73 Å². The lowest BCUT2D eigenvalue weighted by Gasteiger charge is -2.33. The summed E-state index contributed by atoms with van der Waals surface area (Å²) in [6.45, 7) is 0. The molecule has 1 fully saturated rings. The number of rotatable bonds is 4. The van der Waals surface area contributed by atoms with Gasteiger partial charge in [0.2, 0.25) is 11.9 Å². The van der Waals surface area contributed by atoms with Gasteiger partial charge in [-0.1, -0.05) is 11.6 Å². The summed E-state index contributed by atoms with van der Waals surface area (Å²) in [5, 5.41) is 11.6. The number of tetrazole rings is 1. The van der Waals surface area contributed by atoms with Crippen LogP contribution in [0.2, 0.25) is 5.02 Å². The Bertz CT molecular complexity index is 1570. The second kappa shape index (κ2) is 8.27. The molecule has 0 aliphatic carbocycles. The van der Waals surface area contributed by atoms with Crippen LogP contribution >= 0.6 is 11.6 Å². The number of pyridine rings is 1. The molecule has 2 aliphatic rings. The number of amides is 1. The third kappa shape index (κ3) is 3.73. The standard InChI is InChI=1S/C23H19ClFN9O/c24-13-1-4-18(33-11-28-31-32-33)16(9-13)12-7-14-2-5-19(34(14)21(35)8-12)23-27-10-17(29-23)15-3-6-20(26)30-22(15)25/h1,3-4,6,8-11,14,19H,2,5,7H2,(H2,26,30)(H,27,29)/i4D,6D. The molecule has 5 heterocycles. The van der Waals surface area contributed by atoms with Gasteiger partial charge in [0.1, 0.15) is 18.0 Å². The lowest BCUT2D eigenvalue weighted by Crippen LogP contribution is -2.39. The van der Waals surface area contributed by atoms with Crippen molar-refractivity contribution in [3.05, 3.63) is 71.2 Å². The summed E-state index contributed by atoms with van der Waals surface area (Å²) in [5.41, 5.74) is 7.77. The number of nitrogen functional groups attached to an aromatic ring is 1. The summed E-state index contributed by atoms with van der Waals surface area (Å²) < 4.78 is 32.0. The highest BCUT2D eigenvalue weighted by molar-refractivity contribution is 6.30. The topological polar surface area (TPSA) is 132 Å². The zero-order valence-corrected chi connectivity index (χ0v) is 18.9. The second-order valence-corrected chi connectivity index (χ2v) is 8.81. The number of halogens is 2. The highest BCUT2D eigenvalue weighted by Crippen LogP contribution is 2.43.